The number of hydrogen-bond donors (Lipinski definition) is 0. The second-order valence-corrected chi connectivity index (χ2v) is 6.88. The van der Waals surface area contributed by atoms with E-state index < -0.39 is 6.10 Å². The minimum atomic E-state index is -0.625. The van der Waals surface area contributed by atoms with Crippen molar-refractivity contribution in [1.29, 1.82) is 0 Å². The average molecular weight is 400 g/mol. The fourth-order valence-corrected chi connectivity index (χ4v) is 2.87. The van der Waals surface area contributed by atoms with E-state index in [0.29, 0.717) is 29.0 Å². The number of benzene rings is 2. The molecule has 0 aliphatic carbocycles. The molecule has 0 fully saturated rings. The highest BCUT2D eigenvalue weighted by molar-refractivity contribution is 6.30. The fourth-order valence-electron chi connectivity index (χ4n) is 2.74. The van der Waals surface area contributed by atoms with Crippen molar-refractivity contribution in [2.45, 2.75) is 33.4 Å². The van der Waals surface area contributed by atoms with Gasteiger partial charge in [-0.1, -0.05) is 28.9 Å². The summed E-state index contributed by atoms with van der Waals surface area (Å²) in [6.07, 6.45) is -0.625. The van der Waals surface area contributed by atoms with Crippen LogP contribution in [-0.2, 0) is 11.3 Å². The first-order valence-corrected chi connectivity index (χ1v) is 9.44. The summed E-state index contributed by atoms with van der Waals surface area (Å²) in [7, 11) is 0. The zero-order chi connectivity index (χ0) is 20.1. The van der Waals surface area contributed by atoms with Crippen LogP contribution in [0.1, 0.15) is 25.3 Å². The van der Waals surface area contributed by atoms with Crippen LogP contribution in [0.3, 0.4) is 0 Å². The molecule has 2 aromatic carbocycles. The Labute approximate surface area is 169 Å². The molecule has 0 spiro atoms. The van der Waals surface area contributed by atoms with Crippen molar-refractivity contribution >= 4 is 17.5 Å². The van der Waals surface area contributed by atoms with Gasteiger partial charge in [-0.25, -0.2) is 0 Å². The van der Waals surface area contributed by atoms with E-state index in [0.717, 1.165) is 11.1 Å². The fraction of sp³-hybridized carbons (Fsp3) is 0.286. The highest BCUT2D eigenvalue weighted by atomic mass is 35.5. The van der Waals surface area contributed by atoms with Crippen molar-refractivity contribution in [3.8, 4) is 17.1 Å². The normalized spacial score (nSPS) is 11.9. The van der Waals surface area contributed by atoms with Gasteiger partial charge < -0.3 is 14.2 Å². The molecule has 0 saturated carbocycles. The maximum Gasteiger partial charge on any atom is 0.263 e. The number of carbonyl (C=O) groups is 1. The van der Waals surface area contributed by atoms with Crippen LogP contribution >= 0.6 is 11.6 Å². The molecule has 146 valence electrons. The quantitative estimate of drug-likeness (QED) is 0.584. The Morgan fingerprint density at radius 2 is 2.00 bits per heavy atom. The van der Waals surface area contributed by atoms with Gasteiger partial charge in [0.1, 0.15) is 12.3 Å². The number of rotatable bonds is 7. The molecule has 1 amide bonds. The van der Waals surface area contributed by atoms with Gasteiger partial charge in [0.25, 0.3) is 5.91 Å². The summed E-state index contributed by atoms with van der Waals surface area (Å²) in [5, 5.41) is 4.62. The van der Waals surface area contributed by atoms with Crippen molar-refractivity contribution in [2.24, 2.45) is 0 Å². The van der Waals surface area contributed by atoms with Gasteiger partial charge in [0.05, 0.1) is 0 Å². The second-order valence-electron chi connectivity index (χ2n) is 6.45. The maximum atomic E-state index is 12.8. The highest BCUT2D eigenvalue weighted by Gasteiger charge is 2.23. The van der Waals surface area contributed by atoms with Crippen LogP contribution in [0.15, 0.2) is 53.1 Å². The van der Waals surface area contributed by atoms with Crippen molar-refractivity contribution in [2.75, 3.05) is 6.54 Å². The lowest BCUT2D eigenvalue weighted by Gasteiger charge is -2.23. The Morgan fingerprint density at radius 3 is 2.68 bits per heavy atom. The smallest absolute Gasteiger partial charge is 0.263 e. The van der Waals surface area contributed by atoms with Gasteiger partial charge in [-0.3, -0.25) is 4.79 Å². The molecule has 0 unspecified atom stereocenters. The first kappa shape index (κ1) is 19.9. The molecule has 1 heterocycles. The number of aryl methyl sites for hydroxylation is 1. The Morgan fingerprint density at radius 1 is 1.25 bits per heavy atom. The van der Waals surface area contributed by atoms with Crippen LogP contribution in [0.4, 0.5) is 0 Å². The summed E-state index contributed by atoms with van der Waals surface area (Å²) in [6.45, 7) is 6.33. The lowest BCUT2D eigenvalue weighted by molar-refractivity contribution is -0.138. The molecule has 6 nitrogen and oxygen atoms in total. The Balaban J connectivity index is 1.66. The third kappa shape index (κ3) is 4.89. The van der Waals surface area contributed by atoms with Crippen molar-refractivity contribution in [1.82, 2.24) is 15.0 Å². The van der Waals surface area contributed by atoms with E-state index in [4.69, 9.17) is 20.9 Å². The van der Waals surface area contributed by atoms with E-state index in [-0.39, 0.29) is 12.5 Å². The van der Waals surface area contributed by atoms with Gasteiger partial charge >= 0.3 is 0 Å². The number of aromatic nitrogens is 2. The largest absolute Gasteiger partial charge is 0.481 e. The Kier molecular flexibility index (Phi) is 6.31. The predicted molar refractivity (Wildman–Crippen MR) is 107 cm³/mol. The van der Waals surface area contributed by atoms with Crippen molar-refractivity contribution < 1.29 is 14.1 Å². The molecule has 0 radical (unpaired) electrons. The molecule has 0 bridgehead atoms. The van der Waals surface area contributed by atoms with Crippen LogP contribution in [0.2, 0.25) is 5.02 Å². The van der Waals surface area contributed by atoms with E-state index in [2.05, 4.69) is 10.1 Å². The standard InChI is InChI=1S/C21H22ClN3O3/c1-4-25(21(26)15(3)27-18-7-5-6-14(2)12-18)13-19-23-20(24-28-19)16-8-10-17(22)11-9-16/h5-12,15H,4,13H2,1-3H3/t15-/m0/s1. The molecule has 0 aliphatic heterocycles. The Bertz CT molecular complexity index is 940. The third-order valence-corrected chi connectivity index (χ3v) is 4.49. The summed E-state index contributed by atoms with van der Waals surface area (Å²) in [5.74, 6) is 1.34. The van der Waals surface area contributed by atoms with Gasteiger partial charge in [-0.05, 0) is 62.7 Å². The number of carbonyl (C=O) groups excluding carboxylic acids is 1. The lowest BCUT2D eigenvalue weighted by atomic mass is 10.2. The van der Waals surface area contributed by atoms with E-state index in [9.17, 15) is 4.79 Å². The van der Waals surface area contributed by atoms with E-state index in [1.54, 1.807) is 24.0 Å². The molecule has 1 aromatic heterocycles. The topological polar surface area (TPSA) is 68.5 Å². The average Bonchev–Trinajstić information content (AvgIpc) is 3.14. The molecule has 1 atom stereocenters. The van der Waals surface area contributed by atoms with Gasteiger partial charge in [0.2, 0.25) is 11.7 Å². The second kappa shape index (κ2) is 8.89. The summed E-state index contributed by atoms with van der Waals surface area (Å²) in [5.41, 5.74) is 1.87. The first-order valence-electron chi connectivity index (χ1n) is 9.07. The summed E-state index contributed by atoms with van der Waals surface area (Å²) < 4.78 is 11.1. The third-order valence-electron chi connectivity index (χ3n) is 4.24. The van der Waals surface area contributed by atoms with Gasteiger partial charge in [-0.2, -0.15) is 4.98 Å². The highest BCUT2D eigenvalue weighted by Crippen LogP contribution is 2.20. The summed E-state index contributed by atoms with van der Waals surface area (Å²) in [6, 6.07) is 14.8. The molecule has 0 N–H and O–H groups in total. The zero-order valence-corrected chi connectivity index (χ0v) is 16.8. The monoisotopic (exact) mass is 399 g/mol. The molecule has 0 aliphatic rings. The summed E-state index contributed by atoms with van der Waals surface area (Å²) in [4.78, 5) is 18.8. The first-order chi connectivity index (χ1) is 13.5. The molecule has 28 heavy (non-hydrogen) atoms. The summed E-state index contributed by atoms with van der Waals surface area (Å²) >= 11 is 5.90. The Hall–Kier alpha value is -2.86. The van der Waals surface area contributed by atoms with Crippen LogP contribution < -0.4 is 4.74 Å². The number of halogens is 1. The molecule has 3 rings (SSSR count). The lowest BCUT2D eigenvalue weighted by Crippen LogP contribution is -2.40. The van der Waals surface area contributed by atoms with E-state index in [1.165, 1.54) is 0 Å². The molecule has 0 saturated heterocycles. The van der Waals surface area contributed by atoms with Crippen LogP contribution in [0.25, 0.3) is 11.4 Å². The maximum absolute atomic E-state index is 12.8. The number of nitrogens with zero attached hydrogens (tertiary/aromatic N) is 3. The van der Waals surface area contributed by atoms with Gasteiger partial charge in [0, 0.05) is 17.1 Å². The number of ether oxygens (including phenoxy) is 1. The van der Waals surface area contributed by atoms with Gasteiger partial charge in [-0.15, -0.1) is 0 Å². The van der Waals surface area contributed by atoms with Crippen molar-refractivity contribution in [3.05, 3.63) is 65.0 Å². The number of amides is 1. The molecular weight excluding hydrogens is 378 g/mol. The van der Waals surface area contributed by atoms with Crippen LogP contribution in [-0.4, -0.2) is 33.6 Å². The minimum absolute atomic E-state index is 0.143. The molecule has 3 aromatic rings. The SMILES string of the molecule is CCN(Cc1nc(-c2ccc(Cl)cc2)no1)C(=O)[C@H](C)Oc1cccc(C)c1. The predicted octanol–water partition coefficient (Wildman–Crippen LogP) is 4.51. The van der Waals surface area contributed by atoms with Crippen LogP contribution in [0.5, 0.6) is 5.75 Å². The molecular formula is C21H22ClN3O3. The van der Waals surface area contributed by atoms with E-state index >= 15 is 0 Å². The minimum Gasteiger partial charge on any atom is -0.481 e. The molecule has 7 heteroatoms. The van der Waals surface area contributed by atoms with Crippen molar-refractivity contribution in [3.63, 3.8) is 0 Å². The number of likely N-dealkylation sites (N-methyl/N-ethyl adjacent to an activating group) is 1. The van der Waals surface area contributed by atoms with E-state index in [1.807, 2.05) is 50.2 Å². The van der Waals surface area contributed by atoms with Gasteiger partial charge in [0.15, 0.2) is 6.10 Å². The van der Waals surface area contributed by atoms with Crippen LogP contribution in [0, 0.1) is 6.92 Å². The zero-order valence-electron chi connectivity index (χ0n) is 16.1. The number of hydrogen-bond acceptors (Lipinski definition) is 5.